The lowest BCUT2D eigenvalue weighted by molar-refractivity contribution is -0.651. The number of aryl methyl sites for hydroxylation is 2. The van der Waals surface area contributed by atoms with Crippen molar-refractivity contribution in [2.45, 2.75) is 6.92 Å². The molecule has 114 valence electrons. The van der Waals surface area contributed by atoms with Crippen LogP contribution in [0.2, 0.25) is 0 Å². The van der Waals surface area contributed by atoms with Gasteiger partial charge in [0, 0.05) is 13.0 Å². The van der Waals surface area contributed by atoms with Crippen molar-refractivity contribution in [3.8, 4) is 5.75 Å². The monoisotopic (exact) mass is 314 g/mol. The van der Waals surface area contributed by atoms with Gasteiger partial charge in [0.15, 0.2) is 17.7 Å². The van der Waals surface area contributed by atoms with Crippen molar-refractivity contribution in [2.75, 3.05) is 7.11 Å². The van der Waals surface area contributed by atoms with Crippen LogP contribution < -0.4 is 4.57 Å². The number of aldehydes is 1. The van der Waals surface area contributed by atoms with Gasteiger partial charge in [0.25, 0.3) is 5.52 Å². The molecule has 0 aliphatic carbocycles. The normalized spacial score (nSPS) is 10.9. The minimum Gasteiger partial charge on any atom is -0.502 e. The summed E-state index contributed by atoms with van der Waals surface area (Å²) in [6.07, 6.45) is 0.664. The Labute approximate surface area is 122 Å². The molecule has 0 aliphatic heterocycles. The molecule has 0 bridgehead atoms. The van der Waals surface area contributed by atoms with Gasteiger partial charge in [0.05, 0.1) is 18.1 Å². The third-order valence-electron chi connectivity index (χ3n) is 2.92. The van der Waals surface area contributed by atoms with E-state index in [2.05, 4.69) is 4.18 Å². The Kier molecular flexibility index (Phi) is 5.36. The Morgan fingerprint density at radius 2 is 1.76 bits per heavy atom. The van der Waals surface area contributed by atoms with E-state index in [1.54, 1.807) is 6.07 Å². The van der Waals surface area contributed by atoms with Crippen molar-refractivity contribution >= 4 is 27.6 Å². The Balaban J connectivity index is 0.000000315. The number of fused-ring (bicyclic) bond motifs is 1. The average molecular weight is 314 g/mol. The fourth-order valence-corrected chi connectivity index (χ4v) is 1.69. The van der Waals surface area contributed by atoms with Crippen LogP contribution >= 0.6 is 0 Å². The number of rotatable bonds is 2. The lowest BCUT2D eigenvalue weighted by Crippen LogP contribution is -2.32. The summed E-state index contributed by atoms with van der Waals surface area (Å²) in [5.74, 6) is 0.0497. The number of benzene rings is 1. The highest BCUT2D eigenvalue weighted by atomic mass is 32.3. The molecule has 0 radical (unpaired) electrons. The molecule has 7 nitrogen and oxygen atoms in total. The van der Waals surface area contributed by atoms with Crippen molar-refractivity contribution in [1.82, 2.24) is 0 Å². The maximum atomic E-state index is 10.7. The third kappa shape index (κ3) is 4.22. The van der Waals surface area contributed by atoms with Crippen molar-refractivity contribution in [3.63, 3.8) is 0 Å². The fraction of sp³-hybridized carbons (Fsp3) is 0.231. The number of nitrogens with zero attached hydrogens (tertiary/aromatic N) is 1. The largest absolute Gasteiger partial charge is 0.502 e. The highest BCUT2D eigenvalue weighted by Gasteiger charge is 2.15. The van der Waals surface area contributed by atoms with Crippen LogP contribution in [0, 0.1) is 6.92 Å². The Hall–Kier alpha value is -2.03. The molecule has 0 atom stereocenters. The molecule has 1 heterocycles. The smallest absolute Gasteiger partial charge is 0.397 e. The second-order valence-electron chi connectivity index (χ2n) is 4.19. The molecule has 0 saturated heterocycles. The number of pyridine rings is 1. The molecule has 0 saturated carbocycles. The van der Waals surface area contributed by atoms with Gasteiger partial charge in [-0.1, -0.05) is 0 Å². The van der Waals surface area contributed by atoms with Gasteiger partial charge in [-0.3, -0.25) is 13.5 Å². The van der Waals surface area contributed by atoms with Gasteiger partial charge in [-0.25, -0.2) is 0 Å². The third-order valence-corrected chi connectivity index (χ3v) is 3.34. The molecule has 8 heteroatoms. The van der Waals surface area contributed by atoms with Crippen LogP contribution in [0.15, 0.2) is 24.3 Å². The first-order chi connectivity index (χ1) is 9.71. The Bertz CT molecular complexity index is 770. The topological polar surface area (TPSA) is 105 Å². The number of aromatic nitrogens is 1. The number of phenolic OH excluding ortho intramolecular Hbond substituents is 1. The van der Waals surface area contributed by atoms with Gasteiger partial charge < -0.3 is 5.11 Å². The molecule has 0 fully saturated rings. The molecule has 2 aromatic rings. The lowest BCUT2D eigenvalue weighted by Gasteiger charge is -2.03. The first-order valence-corrected chi connectivity index (χ1v) is 7.17. The summed E-state index contributed by atoms with van der Waals surface area (Å²) in [4.78, 5) is 10.7. The predicted molar refractivity (Wildman–Crippen MR) is 75.5 cm³/mol. The van der Waals surface area contributed by atoms with E-state index in [4.69, 9.17) is 4.55 Å². The Morgan fingerprint density at radius 1 is 1.24 bits per heavy atom. The van der Waals surface area contributed by atoms with E-state index in [1.165, 1.54) is 0 Å². The fourth-order valence-electron chi connectivity index (χ4n) is 1.69. The van der Waals surface area contributed by atoms with Gasteiger partial charge in [0.2, 0.25) is 0 Å². The summed E-state index contributed by atoms with van der Waals surface area (Å²) < 4.78 is 31.6. The van der Waals surface area contributed by atoms with Crippen LogP contribution in [0.4, 0.5) is 0 Å². The van der Waals surface area contributed by atoms with Gasteiger partial charge in [-0.2, -0.15) is 13.0 Å². The summed E-state index contributed by atoms with van der Waals surface area (Å²) in [7, 11) is -1.42. The van der Waals surface area contributed by atoms with Crippen LogP contribution in [0.1, 0.15) is 16.1 Å². The summed E-state index contributed by atoms with van der Waals surface area (Å²) in [5.41, 5.74) is 2.05. The zero-order valence-electron chi connectivity index (χ0n) is 11.8. The van der Waals surface area contributed by atoms with Crippen LogP contribution in [-0.2, 0) is 21.6 Å². The van der Waals surface area contributed by atoms with E-state index >= 15 is 0 Å². The van der Waals surface area contributed by atoms with Crippen molar-refractivity contribution in [3.05, 3.63) is 35.5 Å². The number of hydrogen-bond acceptors (Lipinski definition) is 5. The maximum absolute atomic E-state index is 10.7. The molecule has 1 aromatic heterocycles. The molecule has 0 amide bonds. The van der Waals surface area contributed by atoms with Crippen LogP contribution in [0.25, 0.3) is 10.9 Å². The lowest BCUT2D eigenvalue weighted by atomic mass is 10.1. The molecule has 21 heavy (non-hydrogen) atoms. The van der Waals surface area contributed by atoms with Gasteiger partial charge in [-0.05, 0) is 18.2 Å². The number of carbonyl (C=O) groups is 1. The first kappa shape index (κ1) is 17.0. The molecule has 2 N–H and O–H groups in total. The van der Waals surface area contributed by atoms with E-state index in [-0.39, 0.29) is 5.75 Å². The first-order valence-electron chi connectivity index (χ1n) is 5.80. The molecule has 2 rings (SSSR count). The highest BCUT2D eigenvalue weighted by molar-refractivity contribution is 7.80. The van der Waals surface area contributed by atoms with Gasteiger partial charge >= 0.3 is 10.4 Å². The van der Waals surface area contributed by atoms with E-state index in [9.17, 15) is 18.3 Å². The SMILES string of the molecule is COS(=O)(=O)O.Cc1ccc2ccc(C=O)c(O)c2[n+]1C. The van der Waals surface area contributed by atoms with Crippen LogP contribution in [0.5, 0.6) is 5.75 Å². The van der Waals surface area contributed by atoms with E-state index < -0.39 is 10.4 Å². The molecule has 1 aromatic carbocycles. The summed E-state index contributed by atoms with van der Waals surface area (Å²) in [5, 5.41) is 10.8. The minimum atomic E-state index is -4.16. The predicted octanol–water partition coefficient (Wildman–Crippen LogP) is 0.926. The molecular weight excluding hydrogens is 298 g/mol. The van der Waals surface area contributed by atoms with Crippen LogP contribution in [0.3, 0.4) is 0 Å². The minimum absolute atomic E-state index is 0.0497. The van der Waals surface area contributed by atoms with Gasteiger partial charge in [0.1, 0.15) is 7.05 Å². The number of hydrogen-bond donors (Lipinski definition) is 2. The van der Waals surface area contributed by atoms with Gasteiger partial charge in [-0.15, -0.1) is 0 Å². The standard InChI is InChI=1S/C12H11NO2.CH4O4S/c1-8-3-4-9-5-6-10(7-14)12(15)11(9)13(8)2;1-5-6(2,3)4/h3-7H,1-2H3;1H3,(H,2,3,4)/p+1. The van der Waals surface area contributed by atoms with E-state index in [0.29, 0.717) is 17.4 Å². The average Bonchev–Trinajstić information content (AvgIpc) is 2.43. The van der Waals surface area contributed by atoms with Crippen molar-refractivity contribution in [1.29, 1.82) is 0 Å². The summed E-state index contributed by atoms with van der Waals surface area (Å²) >= 11 is 0. The van der Waals surface area contributed by atoms with Crippen LogP contribution in [-0.4, -0.2) is 31.5 Å². The highest BCUT2D eigenvalue weighted by Crippen LogP contribution is 2.24. The maximum Gasteiger partial charge on any atom is 0.397 e. The zero-order valence-corrected chi connectivity index (χ0v) is 12.6. The summed E-state index contributed by atoms with van der Waals surface area (Å²) in [6.45, 7) is 1.95. The van der Waals surface area contributed by atoms with Crippen molar-refractivity contribution in [2.24, 2.45) is 7.05 Å². The molecule has 0 unspecified atom stereocenters. The molecule has 0 spiro atoms. The quantitative estimate of drug-likeness (QED) is 0.485. The van der Waals surface area contributed by atoms with E-state index in [0.717, 1.165) is 18.2 Å². The number of phenols is 1. The van der Waals surface area contributed by atoms with Crippen molar-refractivity contribution < 1.29 is 31.6 Å². The zero-order chi connectivity index (χ0) is 16.2. The second kappa shape index (κ2) is 6.61. The molecular formula is C13H16NO6S+. The number of aromatic hydroxyl groups is 1. The summed E-state index contributed by atoms with van der Waals surface area (Å²) in [6, 6.07) is 7.36. The Morgan fingerprint density at radius 3 is 2.24 bits per heavy atom. The molecule has 0 aliphatic rings. The van der Waals surface area contributed by atoms with E-state index in [1.807, 2.05) is 36.7 Å². The number of carbonyl (C=O) groups excluding carboxylic acids is 1. The second-order valence-corrected chi connectivity index (χ2v) is 5.38.